The predicted octanol–water partition coefficient (Wildman–Crippen LogP) is 2.28. The van der Waals surface area contributed by atoms with E-state index in [-0.39, 0.29) is 0 Å². The number of nitrogen functional groups attached to an aromatic ring is 1. The van der Waals surface area contributed by atoms with Crippen LogP contribution < -0.4 is 10.5 Å². The summed E-state index contributed by atoms with van der Waals surface area (Å²) >= 11 is 0. The third kappa shape index (κ3) is 4.11. The molecule has 2 N–H and O–H groups in total. The number of hydrogen-bond acceptors (Lipinski definition) is 4. The summed E-state index contributed by atoms with van der Waals surface area (Å²) in [6.45, 7) is 5.98. The van der Waals surface area contributed by atoms with Gasteiger partial charge in [-0.1, -0.05) is 0 Å². The highest BCUT2D eigenvalue weighted by atomic mass is 16.5. The Hall–Kier alpha value is -1.26. The van der Waals surface area contributed by atoms with Gasteiger partial charge in [0.15, 0.2) is 0 Å². The maximum Gasteiger partial charge on any atom is 0.121 e. The first-order valence-corrected chi connectivity index (χ1v) is 6.98. The number of piperidine rings is 1. The van der Waals surface area contributed by atoms with Crippen LogP contribution >= 0.6 is 0 Å². The van der Waals surface area contributed by atoms with Crippen LogP contribution in [0.25, 0.3) is 0 Å². The fraction of sp³-hybridized carbons (Fsp3) is 0.600. The largest absolute Gasteiger partial charge is 0.497 e. The molecule has 0 radical (unpaired) electrons. The summed E-state index contributed by atoms with van der Waals surface area (Å²) in [6, 6.07) is 5.94. The number of methoxy groups -OCH3 is 1. The first kappa shape index (κ1) is 14.2. The molecule has 0 unspecified atom stereocenters. The molecule has 0 spiro atoms. The zero-order valence-corrected chi connectivity index (χ0v) is 11.9. The number of nitrogens with zero attached hydrogens (tertiary/aromatic N) is 1. The van der Waals surface area contributed by atoms with E-state index in [1.165, 1.54) is 5.56 Å². The molecular formula is C15H24N2O2. The van der Waals surface area contributed by atoms with Crippen LogP contribution in [0.5, 0.6) is 5.75 Å². The number of likely N-dealkylation sites (tertiary alicyclic amines) is 1. The Balaban J connectivity index is 1.90. The van der Waals surface area contributed by atoms with E-state index < -0.39 is 0 Å². The van der Waals surface area contributed by atoms with Crippen LogP contribution in [0.1, 0.15) is 25.3 Å². The van der Waals surface area contributed by atoms with Crippen LogP contribution in [0.2, 0.25) is 0 Å². The zero-order chi connectivity index (χ0) is 13.7. The smallest absolute Gasteiger partial charge is 0.121 e. The molecule has 0 atom stereocenters. The van der Waals surface area contributed by atoms with Gasteiger partial charge in [-0.25, -0.2) is 0 Å². The second-order valence-corrected chi connectivity index (χ2v) is 5.05. The second-order valence-electron chi connectivity index (χ2n) is 5.05. The van der Waals surface area contributed by atoms with E-state index in [9.17, 15) is 0 Å². The van der Waals surface area contributed by atoms with Gasteiger partial charge in [-0.3, -0.25) is 4.90 Å². The van der Waals surface area contributed by atoms with E-state index in [2.05, 4.69) is 17.9 Å². The van der Waals surface area contributed by atoms with Crippen molar-refractivity contribution in [2.75, 3.05) is 32.5 Å². The van der Waals surface area contributed by atoms with Crippen LogP contribution in [-0.2, 0) is 11.3 Å². The molecule has 4 nitrogen and oxygen atoms in total. The minimum Gasteiger partial charge on any atom is -0.497 e. The topological polar surface area (TPSA) is 47.7 Å². The van der Waals surface area contributed by atoms with Crippen molar-refractivity contribution in [2.24, 2.45) is 0 Å². The van der Waals surface area contributed by atoms with Crippen molar-refractivity contribution in [3.63, 3.8) is 0 Å². The van der Waals surface area contributed by atoms with Gasteiger partial charge in [0.05, 0.1) is 13.2 Å². The van der Waals surface area contributed by atoms with E-state index in [0.717, 1.165) is 50.5 Å². The molecule has 1 aromatic carbocycles. The Morgan fingerprint density at radius 2 is 2.00 bits per heavy atom. The lowest BCUT2D eigenvalue weighted by atomic mass is 10.1. The maximum atomic E-state index is 5.88. The van der Waals surface area contributed by atoms with E-state index in [1.54, 1.807) is 7.11 Å². The third-order valence-corrected chi connectivity index (χ3v) is 3.57. The molecular weight excluding hydrogens is 240 g/mol. The standard InChI is InChI=1S/C15H24N2O2/c1-3-19-14-4-6-17(7-5-14)11-12-8-13(16)10-15(9-12)18-2/h8-10,14H,3-7,11,16H2,1-2H3. The molecule has 106 valence electrons. The Bertz CT molecular complexity index is 401. The Labute approximate surface area is 115 Å². The average molecular weight is 264 g/mol. The lowest BCUT2D eigenvalue weighted by Gasteiger charge is -2.31. The molecule has 0 aromatic heterocycles. The third-order valence-electron chi connectivity index (χ3n) is 3.57. The summed E-state index contributed by atoms with van der Waals surface area (Å²) in [6.07, 6.45) is 2.68. The average Bonchev–Trinajstić information content (AvgIpc) is 2.40. The number of anilines is 1. The van der Waals surface area contributed by atoms with Gasteiger partial charge in [0, 0.05) is 38.0 Å². The van der Waals surface area contributed by atoms with Crippen molar-refractivity contribution in [1.82, 2.24) is 4.90 Å². The summed E-state index contributed by atoms with van der Waals surface area (Å²) in [5, 5.41) is 0. The minimum atomic E-state index is 0.441. The molecule has 0 aliphatic carbocycles. The van der Waals surface area contributed by atoms with Gasteiger partial charge in [0.25, 0.3) is 0 Å². The fourth-order valence-corrected chi connectivity index (χ4v) is 2.62. The minimum absolute atomic E-state index is 0.441. The van der Waals surface area contributed by atoms with Crippen LogP contribution in [0, 0.1) is 0 Å². The summed E-state index contributed by atoms with van der Waals surface area (Å²) in [7, 11) is 1.67. The molecule has 19 heavy (non-hydrogen) atoms. The summed E-state index contributed by atoms with van der Waals surface area (Å²) in [4.78, 5) is 2.45. The van der Waals surface area contributed by atoms with Gasteiger partial charge in [-0.2, -0.15) is 0 Å². The van der Waals surface area contributed by atoms with Gasteiger partial charge < -0.3 is 15.2 Å². The van der Waals surface area contributed by atoms with Gasteiger partial charge in [0.1, 0.15) is 5.75 Å². The first-order chi connectivity index (χ1) is 9.21. The zero-order valence-electron chi connectivity index (χ0n) is 11.9. The Morgan fingerprint density at radius 3 is 2.63 bits per heavy atom. The molecule has 1 fully saturated rings. The quantitative estimate of drug-likeness (QED) is 0.829. The summed E-state index contributed by atoms with van der Waals surface area (Å²) in [5.41, 5.74) is 7.86. The van der Waals surface area contributed by atoms with Crippen molar-refractivity contribution in [3.8, 4) is 5.75 Å². The van der Waals surface area contributed by atoms with E-state index >= 15 is 0 Å². The highest BCUT2D eigenvalue weighted by Gasteiger charge is 2.19. The Morgan fingerprint density at radius 1 is 1.26 bits per heavy atom. The monoisotopic (exact) mass is 264 g/mol. The van der Waals surface area contributed by atoms with E-state index in [0.29, 0.717) is 6.10 Å². The number of ether oxygens (including phenoxy) is 2. The molecule has 1 saturated heterocycles. The van der Waals surface area contributed by atoms with Crippen LogP contribution in [0.4, 0.5) is 5.69 Å². The van der Waals surface area contributed by atoms with Crippen molar-refractivity contribution in [2.45, 2.75) is 32.4 Å². The van der Waals surface area contributed by atoms with Gasteiger partial charge in [-0.05, 0) is 37.5 Å². The fourth-order valence-electron chi connectivity index (χ4n) is 2.62. The number of rotatable bonds is 5. The molecule has 1 aromatic rings. The highest BCUT2D eigenvalue weighted by molar-refractivity contribution is 5.47. The lowest BCUT2D eigenvalue weighted by molar-refractivity contribution is 0.0125. The van der Waals surface area contributed by atoms with E-state index in [4.69, 9.17) is 15.2 Å². The number of nitrogens with two attached hydrogens (primary N) is 1. The normalized spacial score (nSPS) is 17.6. The van der Waals surface area contributed by atoms with Crippen molar-refractivity contribution >= 4 is 5.69 Å². The molecule has 0 bridgehead atoms. The van der Waals surface area contributed by atoms with Gasteiger partial charge in [0.2, 0.25) is 0 Å². The summed E-state index contributed by atoms with van der Waals surface area (Å²) < 4.78 is 10.9. The lowest BCUT2D eigenvalue weighted by Crippen LogP contribution is -2.36. The van der Waals surface area contributed by atoms with Gasteiger partial charge in [-0.15, -0.1) is 0 Å². The second kappa shape index (κ2) is 6.78. The molecule has 1 aliphatic heterocycles. The van der Waals surface area contributed by atoms with Crippen LogP contribution in [0.3, 0.4) is 0 Å². The maximum absolute atomic E-state index is 5.88. The molecule has 4 heteroatoms. The molecule has 0 saturated carbocycles. The van der Waals surface area contributed by atoms with E-state index in [1.807, 2.05) is 12.1 Å². The van der Waals surface area contributed by atoms with Crippen LogP contribution in [0.15, 0.2) is 18.2 Å². The molecule has 0 amide bonds. The van der Waals surface area contributed by atoms with Crippen molar-refractivity contribution in [1.29, 1.82) is 0 Å². The molecule has 1 heterocycles. The number of benzene rings is 1. The summed E-state index contributed by atoms with van der Waals surface area (Å²) in [5.74, 6) is 0.833. The predicted molar refractivity (Wildman–Crippen MR) is 77.3 cm³/mol. The van der Waals surface area contributed by atoms with Crippen molar-refractivity contribution in [3.05, 3.63) is 23.8 Å². The Kier molecular flexibility index (Phi) is 5.05. The van der Waals surface area contributed by atoms with Crippen LogP contribution in [-0.4, -0.2) is 37.8 Å². The first-order valence-electron chi connectivity index (χ1n) is 6.98. The number of hydrogen-bond donors (Lipinski definition) is 1. The van der Waals surface area contributed by atoms with Gasteiger partial charge >= 0.3 is 0 Å². The highest BCUT2D eigenvalue weighted by Crippen LogP contribution is 2.21. The van der Waals surface area contributed by atoms with Crippen molar-refractivity contribution < 1.29 is 9.47 Å². The molecule has 2 rings (SSSR count). The molecule has 1 aliphatic rings. The SMILES string of the molecule is CCOC1CCN(Cc2cc(N)cc(OC)c2)CC1.